The lowest BCUT2D eigenvalue weighted by molar-refractivity contribution is -0.393. The number of nitro benzene ring substituents is 2. The number of alkyl halides is 3. The third-order valence-electron chi connectivity index (χ3n) is 5.15. The number of amides is 1. The maximum atomic E-state index is 13.1. The summed E-state index contributed by atoms with van der Waals surface area (Å²) >= 11 is 0. The van der Waals surface area contributed by atoms with E-state index in [0.29, 0.717) is 23.4 Å². The normalized spacial score (nSPS) is 14.3. The van der Waals surface area contributed by atoms with Crippen LogP contribution >= 0.6 is 0 Å². The van der Waals surface area contributed by atoms with Gasteiger partial charge in [-0.05, 0) is 38.1 Å². The van der Waals surface area contributed by atoms with Crippen molar-refractivity contribution in [3.63, 3.8) is 0 Å². The van der Waals surface area contributed by atoms with E-state index in [4.69, 9.17) is 4.74 Å². The van der Waals surface area contributed by atoms with Crippen LogP contribution in [0, 0.1) is 20.2 Å². The molecular formula is C21H21F3N4O6. The van der Waals surface area contributed by atoms with Gasteiger partial charge in [-0.3, -0.25) is 25.0 Å². The molecule has 13 heteroatoms. The van der Waals surface area contributed by atoms with Crippen molar-refractivity contribution in [1.29, 1.82) is 0 Å². The van der Waals surface area contributed by atoms with Crippen molar-refractivity contribution in [1.82, 2.24) is 4.90 Å². The molecule has 0 aromatic heterocycles. The van der Waals surface area contributed by atoms with E-state index >= 15 is 0 Å². The third kappa shape index (κ3) is 5.35. The highest BCUT2D eigenvalue weighted by Gasteiger charge is 2.40. The van der Waals surface area contributed by atoms with Crippen molar-refractivity contribution in [2.75, 3.05) is 31.1 Å². The van der Waals surface area contributed by atoms with E-state index in [1.54, 1.807) is 24.3 Å². The second-order valence-corrected chi connectivity index (χ2v) is 7.85. The molecule has 1 aliphatic heterocycles. The quantitative estimate of drug-likeness (QED) is 0.445. The number of hydrogen-bond donors (Lipinski definition) is 0. The van der Waals surface area contributed by atoms with Gasteiger partial charge in [0.05, 0.1) is 21.5 Å². The van der Waals surface area contributed by atoms with Crippen LogP contribution in [0.15, 0.2) is 36.4 Å². The molecule has 0 aliphatic carbocycles. The van der Waals surface area contributed by atoms with Crippen molar-refractivity contribution in [2.45, 2.75) is 26.1 Å². The topological polar surface area (TPSA) is 119 Å². The van der Waals surface area contributed by atoms with Crippen molar-refractivity contribution < 1.29 is 32.5 Å². The summed E-state index contributed by atoms with van der Waals surface area (Å²) < 4.78 is 44.9. The van der Waals surface area contributed by atoms with Crippen LogP contribution < -0.4 is 9.64 Å². The Hall–Kier alpha value is -3.90. The summed E-state index contributed by atoms with van der Waals surface area (Å²) in [6.45, 7) is 3.80. The third-order valence-corrected chi connectivity index (χ3v) is 5.15. The number of rotatable bonds is 6. The van der Waals surface area contributed by atoms with Crippen molar-refractivity contribution in [3.05, 3.63) is 67.8 Å². The number of nitro groups is 2. The first-order valence-electron chi connectivity index (χ1n) is 10.2. The molecule has 1 saturated heterocycles. The van der Waals surface area contributed by atoms with Gasteiger partial charge in [-0.2, -0.15) is 13.2 Å². The van der Waals surface area contributed by atoms with Crippen LogP contribution in [0.1, 0.15) is 29.8 Å². The maximum Gasteiger partial charge on any atom is 0.416 e. The average Bonchev–Trinajstić information content (AvgIpc) is 2.77. The highest BCUT2D eigenvalue weighted by atomic mass is 19.4. The standard InChI is InChI=1S/C21H21F3N4O6/c1-13(2)34-16-5-3-14(4-6-16)20(29)26-9-7-25(8-10-26)19-17(27(30)31)11-15(21(22,23)24)12-18(19)28(32)33/h3-6,11-13H,7-10H2,1-2H3. The van der Waals surface area contributed by atoms with Crippen LogP contribution in [-0.4, -0.2) is 52.9 Å². The molecule has 1 heterocycles. The van der Waals surface area contributed by atoms with Gasteiger partial charge in [-0.25, -0.2) is 0 Å². The van der Waals surface area contributed by atoms with Gasteiger partial charge >= 0.3 is 6.18 Å². The number of hydrogen-bond acceptors (Lipinski definition) is 7. The molecule has 0 radical (unpaired) electrons. The smallest absolute Gasteiger partial charge is 0.416 e. The van der Waals surface area contributed by atoms with Crippen LogP contribution in [0.4, 0.5) is 30.2 Å². The molecule has 0 unspecified atom stereocenters. The Morgan fingerprint density at radius 2 is 1.47 bits per heavy atom. The summed E-state index contributed by atoms with van der Waals surface area (Å²) in [4.78, 5) is 36.4. The summed E-state index contributed by atoms with van der Waals surface area (Å²) in [6, 6.07) is 7.08. The zero-order valence-electron chi connectivity index (χ0n) is 18.2. The number of anilines is 1. The first-order valence-corrected chi connectivity index (χ1v) is 10.2. The number of carbonyl (C=O) groups is 1. The minimum absolute atomic E-state index is 0.0343. The first-order chi connectivity index (χ1) is 15.9. The Bertz CT molecular complexity index is 1060. The molecule has 0 saturated carbocycles. The molecule has 3 rings (SSSR count). The Balaban J connectivity index is 1.82. The fourth-order valence-corrected chi connectivity index (χ4v) is 3.63. The summed E-state index contributed by atoms with van der Waals surface area (Å²) in [7, 11) is 0. The van der Waals surface area contributed by atoms with E-state index in [0.717, 1.165) is 0 Å². The summed E-state index contributed by atoms with van der Waals surface area (Å²) in [5, 5.41) is 23.0. The van der Waals surface area contributed by atoms with Gasteiger partial charge in [0, 0.05) is 43.9 Å². The van der Waals surface area contributed by atoms with E-state index in [1.807, 2.05) is 13.8 Å². The monoisotopic (exact) mass is 482 g/mol. The number of ether oxygens (including phenoxy) is 1. The second kappa shape index (κ2) is 9.53. The lowest BCUT2D eigenvalue weighted by atomic mass is 10.1. The van der Waals surface area contributed by atoms with Gasteiger partial charge in [-0.1, -0.05) is 0 Å². The molecule has 1 amide bonds. The Kier molecular flexibility index (Phi) is 6.93. The molecule has 0 N–H and O–H groups in total. The van der Waals surface area contributed by atoms with E-state index in [1.165, 1.54) is 9.80 Å². The van der Waals surface area contributed by atoms with Crippen LogP contribution in [0.5, 0.6) is 5.75 Å². The molecule has 0 atom stereocenters. The fourth-order valence-electron chi connectivity index (χ4n) is 3.63. The van der Waals surface area contributed by atoms with Gasteiger partial charge in [0.2, 0.25) is 0 Å². The van der Waals surface area contributed by atoms with Crippen LogP contribution in [-0.2, 0) is 6.18 Å². The molecule has 0 bridgehead atoms. The molecule has 34 heavy (non-hydrogen) atoms. The predicted molar refractivity (Wildman–Crippen MR) is 115 cm³/mol. The number of benzene rings is 2. The second-order valence-electron chi connectivity index (χ2n) is 7.85. The van der Waals surface area contributed by atoms with E-state index in [9.17, 15) is 38.2 Å². The van der Waals surface area contributed by atoms with E-state index in [-0.39, 0.29) is 38.2 Å². The average molecular weight is 482 g/mol. The lowest BCUT2D eigenvalue weighted by Gasteiger charge is -2.35. The zero-order chi connectivity index (χ0) is 25.2. The summed E-state index contributed by atoms with van der Waals surface area (Å²) in [6.07, 6.45) is -5.03. The summed E-state index contributed by atoms with van der Waals surface area (Å²) in [5.41, 5.74) is -3.63. The SMILES string of the molecule is CC(C)Oc1ccc(C(=O)N2CCN(c3c([N+](=O)[O-])cc(C(F)(F)F)cc3[N+](=O)[O-])CC2)cc1. The predicted octanol–water partition coefficient (Wildman–Crippen LogP) is 4.27. The molecule has 2 aromatic carbocycles. The van der Waals surface area contributed by atoms with Gasteiger partial charge in [0.1, 0.15) is 5.75 Å². The molecular weight excluding hydrogens is 461 g/mol. The molecule has 1 fully saturated rings. The van der Waals surface area contributed by atoms with Crippen molar-refractivity contribution in [2.24, 2.45) is 0 Å². The Labute approximate surface area is 191 Å². The number of halogens is 3. The largest absolute Gasteiger partial charge is 0.491 e. The van der Waals surface area contributed by atoms with Gasteiger partial charge in [0.25, 0.3) is 17.3 Å². The molecule has 1 aliphatic rings. The number of nitrogens with zero attached hydrogens (tertiary/aromatic N) is 4. The Morgan fingerprint density at radius 1 is 0.971 bits per heavy atom. The van der Waals surface area contributed by atoms with Gasteiger partial charge in [0.15, 0.2) is 5.69 Å². The highest BCUT2D eigenvalue weighted by Crippen LogP contribution is 2.43. The lowest BCUT2D eigenvalue weighted by Crippen LogP contribution is -2.49. The highest BCUT2D eigenvalue weighted by molar-refractivity contribution is 5.94. The van der Waals surface area contributed by atoms with E-state index < -0.39 is 38.6 Å². The van der Waals surface area contributed by atoms with Gasteiger partial charge < -0.3 is 14.5 Å². The molecule has 10 nitrogen and oxygen atoms in total. The van der Waals surface area contributed by atoms with Crippen LogP contribution in [0.2, 0.25) is 0 Å². The van der Waals surface area contributed by atoms with E-state index in [2.05, 4.69) is 0 Å². The number of carbonyl (C=O) groups excluding carboxylic acids is 1. The number of piperazine rings is 1. The van der Waals surface area contributed by atoms with Crippen molar-refractivity contribution in [3.8, 4) is 5.75 Å². The molecule has 2 aromatic rings. The van der Waals surface area contributed by atoms with Crippen molar-refractivity contribution >= 4 is 23.0 Å². The molecule has 0 spiro atoms. The van der Waals surface area contributed by atoms with Crippen LogP contribution in [0.3, 0.4) is 0 Å². The molecule has 182 valence electrons. The summed E-state index contributed by atoms with van der Waals surface area (Å²) in [5.74, 6) is 0.283. The minimum atomic E-state index is -4.99. The van der Waals surface area contributed by atoms with Crippen LogP contribution in [0.25, 0.3) is 0 Å². The fraction of sp³-hybridized carbons (Fsp3) is 0.381. The zero-order valence-corrected chi connectivity index (χ0v) is 18.2. The Morgan fingerprint density at radius 3 is 1.88 bits per heavy atom. The first kappa shape index (κ1) is 24.7. The maximum absolute atomic E-state index is 13.1. The van der Waals surface area contributed by atoms with Gasteiger partial charge in [-0.15, -0.1) is 0 Å². The minimum Gasteiger partial charge on any atom is -0.491 e.